The van der Waals surface area contributed by atoms with Gasteiger partial charge in [-0.15, -0.1) is 0 Å². The maximum atomic E-state index is 12.4. The number of carbonyl (C=O) groups is 1. The number of carbonyl (C=O) groups excluding carboxylic acids is 1. The number of urea groups is 1. The van der Waals surface area contributed by atoms with Crippen molar-refractivity contribution in [3.8, 4) is 0 Å². The van der Waals surface area contributed by atoms with Gasteiger partial charge >= 0.3 is 6.03 Å². The third kappa shape index (κ3) is 2.33. The highest BCUT2D eigenvalue weighted by Crippen LogP contribution is 2.29. The van der Waals surface area contributed by atoms with Gasteiger partial charge < -0.3 is 9.80 Å². The quantitative estimate of drug-likeness (QED) is 0.620. The summed E-state index contributed by atoms with van der Waals surface area (Å²) in [5, 5.41) is 0. The van der Waals surface area contributed by atoms with Crippen LogP contribution in [0.5, 0.6) is 0 Å². The lowest BCUT2D eigenvalue weighted by Gasteiger charge is -2.36. The van der Waals surface area contributed by atoms with Crippen molar-refractivity contribution in [3.63, 3.8) is 0 Å². The Bertz CT molecular complexity index is 255. The Balaban J connectivity index is 2.00. The lowest BCUT2D eigenvalue weighted by Crippen LogP contribution is -2.50. The van der Waals surface area contributed by atoms with E-state index >= 15 is 0 Å². The zero-order valence-electron chi connectivity index (χ0n) is 10.7. The van der Waals surface area contributed by atoms with Crippen molar-refractivity contribution in [2.24, 2.45) is 0 Å². The average molecular weight is 224 g/mol. The SMILES string of the molecule is CC1(C)CCCN1C(=O)N1CCCCCC1. The van der Waals surface area contributed by atoms with E-state index in [1.807, 2.05) is 0 Å². The summed E-state index contributed by atoms with van der Waals surface area (Å²) in [5.41, 5.74) is 0.0728. The summed E-state index contributed by atoms with van der Waals surface area (Å²) in [6.45, 7) is 7.25. The minimum absolute atomic E-state index is 0.0728. The van der Waals surface area contributed by atoms with Crippen LogP contribution in [0.3, 0.4) is 0 Å². The molecule has 0 aliphatic carbocycles. The van der Waals surface area contributed by atoms with Crippen molar-refractivity contribution >= 4 is 6.03 Å². The Morgan fingerprint density at radius 3 is 2.06 bits per heavy atom. The Kier molecular flexibility index (Phi) is 3.41. The molecule has 3 heteroatoms. The summed E-state index contributed by atoms with van der Waals surface area (Å²) in [7, 11) is 0. The molecule has 0 aromatic rings. The molecule has 2 rings (SSSR count). The van der Waals surface area contributed by atoms with E-state index in [1.54, 1.807) is 0 Å². The van der Waals surface area contributed by atoms with Gasteiger partial charge in [0.15, 0.2) is 0 Å². The number of hydrogen-bond donors (Lipinski definition) is 0. The van der Waals surface area contributed by atoms with Gasteiger partial charge in [0, 0.05) is 25.2 Å². The molecule has 3 nitrogen and oxygen atoms in total. The first-order valence-corrected chi connectivity index (χ1v) is 6.68. The second-order valence-corrected chi connectivity index (χ2v) is 5.75. The summed E-state index contributed by atoms with van der Waals surface area (Å²) >= 11 is 0. The van der Waals surface area contributed by atoms with Crippen LogP contribution < -0.4 is 0 Å². The molecular formula is C13H24N2O. The average Bonchev–Trinajstić information content (AvgIpc) is 2.48. The molecule has 0 aromatic carbocycles. The summed E-state index contributed by atoms with van der Waals surface area (Å²) in [6, 6.07) is 0.282. The van der Waals surface area contributed by atoms with Crippen LogP contribution in [0, 0.1) is 0 Å². The summed E-state index contributed by atoms with van der Waals surface area (Å²) in [4.78, 5) is 16.6. The van der Waals surface area contributed by atoms with Crippen molar-refractivity contribution in [1.29, 1.82) is 0 Å². The molecule has 2 aliphatic heterocycles. The maximum Gasteiger partial charge on any atom is 0.320 e. The van der Waals surface area contributed by atoms with E-state index in [-0.39, 0.29) is 11.6 Å². The van der Waals surface area contributed by atoms with Gasteiger partial charge in [0.05, 0.1) is 0 Å². The topological polar surface area (TPSA) is 23.6 Å². The summed E-state index contributed by atoms with van der Waals surface area (Å²) < 4.78 is 0. The fraction of sp³-hybridized carbons (Fsp3) is 0.923. The Labute approximate surface area is 98.8 Å². The molecule has 2 fully saturated rings. The third-order valence-electron chi connectivity index (χ3n) is 4.01. The van der Waals surface area contributed by atoms with Crippen LogP contribution in [0.4, 0.5) is 4.79 Å². The van der Waals surface area contributed by atoms with Crippen LogP contribution >= 0.6 is 0 Å². The maximum absolute atomic E-state index is 12.4. The van der Waals surface area contributed by atoms with Crippen LogP contribution in [-0.2, 0) is 0 Å². The Morgan fingerprint density at radius 2 is 1.56 bits per heavy atom. The molecule has 0 unspecified atom stereocenters. The fourth-order valence-electron chi connectivity index (χ4n) is 2.89. The van der Waals surface area contributed by atoms with Crippen LogP contribution in [0.1, 0.15) is 52.4 Å². The molecule has 2 heterocycles. The second-order valence-electron chi connectivity index (χ2n) is 5.75. The van der Waals surface area contributed by atoms with Gasteiger partial charge in [-0.1, -0.05) is 12.8 Å². The predicted octanol–water partition coefficient (Wildman–Crippen LogP) is 2.86. The smallest absolute Gasteiger partial charge is 0.320 e. The van der Waals surface area contributed by atoms with Gasteiger partial charge in [-0.3, -0.25) is 0 Å². The molecule has 0 spiro atoms. The van der Waals surface area contributed by atoms with Crippen LogP contribution in [0.25, 0.3) is 0 Å². The molecule has 2 saturated heterocycles. The molecular weight excluding hydrogens is 200 g/mol. The van der Waals surface area contributed by atoms with E-state index in [1.165, 1.54) is 25.7 Å². The molecule has 0 bridgehead atoms. The van der Waals surface area contributed by atoms with Crippen molar-refractivity contribution in [2.75, 3.05) is 19.6 Å². The van der Waals surface area contributed by atoms with E-state index < -0.39 is 0 Å². The largest absolute Gasteiger partial charge is 0.325 e. The molecule has 0 aromatic heterocycles. The van der Waals surface area contributed by atoms with Gasteiger partial charge in [0.1, 0.15) is 0 Å². The monoisotopic (exact) mass is 224 g/mol. The molecule has 2 aliphatic rings. The minimum Gasteiger partial charge on any atom is -0.325 e. The lowest BCUT2D eigenvalue weighted by atomic mass is 10.0. The lowest BCUT2D eigenvalue weighted by molar-refractivity contribution is 0.127. The van der Waals surface area contributed by atoms with E-state index in [9.17, 15) is 4.79 Å². The van der Waals surface area contributed by atoms with Gasteiger partial charge in [-0.25, -0.2) is 4.79 Å². The van der Waals surface area contributed by atoms with E-state index in [0.29, 0.717) is 0 Å². The first-order chi connectivity index (χ1) is 7.61. The predicted molar refractivity (Wildman–Crippen MR) is 65.5 cm³/mol. The molecule has 0 N–H and O–H groups in total. The zero-order valence-corrected chi connectivity index (χ0v) is 10.7. The molecule has 92 valence electrons. The molecule has 0 saturated carbocycles. The van der Waals surface area contributed by atoms with Crippen molar-refractivity contribution in [2.45, 2.75) is 57.9 Å². The number of amides is 2. The van der Waals surface area contributed by atoms with E-state index in [4.69, 9.17) is 0 Å². The Hall–Kier alpha value is -0.730. The normalized spacial score (nSPS) is 25.6. The van der Waals surface area contributed by atoms with Gasteiger partial charge in [-0.2, -0.15) is 0 Å². The zero-order chi connectivity index (χ0) is 11.6. The van der Waals surface area contributed by atoms with Crippen molar-refractivity contribution < 1.29 is 4.79 Å². The minimum atomic E-state index is 0.0728. The third-order valence-corrected chi connectivity index (χ3v) is 4.01. The van der Waals surface area contributed by atoms with Gasteiger partial charge in [0.25, 0.3) is 0 Å². The second kappa shape index (κ2) is 4.64. The summed E-state index contributed by atoms with van der Waals surface area (Å²) in [5.74, 6) is 0. The highest BCUT2D eigenvalue weighted by Gasteiger charge is 2.37. The summed E-state index contributed by atoms with van der Waals surface area (Å²) in [6.07, 6.45) is 7.24. The first-order valence-electron chi connectivity index (χ1n) is 6.68. The number of nitrogens with zero attached hydrogens (tertiary/aromatic N) is 2. The first kappa shape index (κ1) is 11.7. The van der Waals surface area contributed by atoms with Crippen LogP contribution in [0.15, 0.2) is 0 Å². The molecule has 0 atom stereocenters. The molecule has 16 heavy (non-hydrogen) atoms. The number of hydrogen-bond acceptors (Lipinski definition) is 1. The van der Waals surface area contributed by atoms with E-state index in [0.717, 1.165) is 32.5 Å². The standard InChI is InChI=1S/C13H24N2O/c1-13(2)8-7-11-15(13)12(16)14-9-5-3-4-6-10-14/h3-11H2,1-2H3. The van der Waals surface area contributed by atoms with E-state index in [2.05, 4.69) is 23.6 Å². The number of likely N-dealkylation sites (tertiary alicyclic amines) is 2. The molecule has 2 amide bonds. The van der Waals surface area contributed by atoms with Gasteiger partial charge in [-0.05, 0) is 39.5 Å². The highest BCUT2D eigenvalue weighted by atomic mass is 16.2. The van der Waals surface area contributed by atoms with Crippen molar-refractivity contribution in [1.82, 2.24) is 9.80 Å². The van der Waals surface area contributed by atoms with Crippen LogP contribution in [0.2, 0.25) is 0 Å². The number of rotatable bonds is 0. The van der Waals surface area contributed by atoms with Crippen molar-refractivity contribution in [3.05, 3.63) is 0 Å². The Morgan fingerprint density at radius 1 is 0.938 bits per heavy atom. The highest BCUT2D eigenvalue weighted by molar-refractivity contribution is 5.75. The molecule has 0 radical (unpaired) electrons. The van der Waals surface area contributed by atoms with Gasteiger partial charge in [0.2, 0.25) is 0 Å². The van der Waals surface area contributed by atoms with Crippen LogP contribution in [-0.4, -0.2) is 41.0 Å². The fourth-order valence-corrected chi connectivity index (χ4v) is 2.89.